The van der Waals surface area contributed by atoms with Crippen molar-refractivity contribution in [1.82, 2.24) is 144 Å². The normalized spacial score (nSPS) is 14.4. The van der Waals surface area contributed by atoms with Gasteiger partial charge in [0.05, 0.1) is 108 Å². The van der Waals surface area contributed by atoms with Crippen molar-refractivity contribution in [2.45, 2.75) is 85.4 Å². The van der Waals surface area contributed by atoms with Crippen LogP contribution in [0.2, 0.25) is 0 Å². The van der Waals surface area contributed by atoms with Gasteiger partial charge < -0.3 is 77.7 Å². The number of piperazine rings is 1. The van der Waals surface area contributed by atoms with Gasteiger partial charge in [-0.1, -0.05) is 76.2 Å². The lowest BCUT2D eigenvalue weighted by molar-refractivity contribution is 0.0675. The lowest BCUT2D eigenvalue weighted by Gasteiger charge is -2.36. The molecule has 5 amide bonds. The Hall–Kier alpha value is -16.4. The van der Waals surface area contributed by atoms with Gasteiger partial charge in [-0.25, -0.2) is 38.7 Å². The van der Waals surface area contributed by atoms with E-state index in [0.717, 1.165) is 167 Å². The van der Waals surface area contributed by atoms with Gasteiger partial charge in [0.15, 0.2) is 62.5 Å². The van der Waals surface area contributed by atoms with Gasteiger partial charge in [-0.05, 0) is 178 Å². The van der Waals surface area contributed by atoms with Gasteiger partial charge in [-0.15, -0.1) is 20.4 Å². The summed E-state index contributed by atoms with van der Waals surface area (Å²) in [6.07, 6.45) is 13.0. The molecule has 20 aromatic rings. The molecule has 147 heavy (non-hydrogen) atoms. The van der Waals surface area contributed by atoms with E-state index in [1.165, 1.54) is 19.0 Å². The fourth-order valence-corrected chi connectivity index (χ4v) is 20.0. The highest BCUT2D eigenvalue weighted by Gasteiger charge is 2.35. The summed E-state index contributed by atoms with van der Waals surface area (Å²) in [6.45, 7) is 25.2. The quantitative estimate of drug-likeness (QED) is 0.0229. The average molecular weight is 1990 g/mol. The van der Waals surface area contributed by atoms with E-state index in [0.29, 0.717) is 147 Å². The van der Waals surface area contributed by atoms with Crippen molar-refractivity contribution in [3.8, 4) is 0 Å². The minimum atomic E-state index is -1.01. The van der Waals surface area contributed by atoms with Crippen LogP contribution in [0, 0.1) is 11.6 Å². The predicted molar refractivity (Wildman–Crippen MR) is 573 cm³/mol. The number of halogens is 2. The maximum Gasteiger partial charge on any atom is 0.259 e. The number of carbonyl (C=O) groups excluding carboxylic acids is 5. The number of hydrogen-bond acceptors (Lipinski definition) is 29. The molecule has 1 aliphatic carbocycles. The van der Waals surface area contributed by atoms with Gasteiger partial charge >= 0.3 is 0 Å². The van der Waals surface area contributed by atoms with Crippen molar-refractivity contribution in [2.75, 3.05) is 174 Å². The summed E-state index contributed by atoms with van der Waals surface area (Å²) in [4.78, 5) is 106. The van der Waals surface area contributed by atoms with Gasteiger partial charge in [0.2, 0.25) is 0 Å². The zero-order valence-electron chi connectivity index (χ0n) is 84.1. The lowest BCUT2D eigenvalue weighted by atomic mass is 10.1. The Morgan fingerprint density at radius 2 is 0.721 bits per heavy atom. The van der Waals surface area contributed by atoms with Crippen molar-refractivity contribution in [1.29, 1.82) is 0 Å². The van der Waals surface area contributed by atoms with E-state index in [1.807, 2.05) is 176 Å². The molecule has 0 spiro atoms. The van der Waals surface area contributed by atoms with Gasteiger partial charge in [-0.2, -0.15) is 20.4 Å². The van der Waals surface area contributed by atoms with Gasteiger partial charge in [0.1, 0.15) is 33.5 Å². The number of fused-ring (bicyclic) bond motifs is 25. The van der Waals surface area contributed by atoms with Crippen LogP contribution in [-0.4, -0.2) is 312 Å². The molecule has 15 aromatic heterocycles. The molecule has 2 atom stereocenters. The van der Waals surface area contributed by atoms with E-state index >= 15 is 0 Å². The van der Waals surface area contributed by atoms with Crippen LogP contribution in [0.1, 0.15) is 119 Å². The number of likely N-dealkylation sites (N-methyl/N-ethyl adjacent to an activating group) is 3. The first-order valence-electron chi connectivity index (χ1n) is 49.9. The molecule has 0 bridgehead atoms. The van der Waals surface area contributed by atoms with E-state index in [-0.39, 0.29) is 58.3 Å². The second kappa shape index (κ2) is 43.7. The molecular formula is C106H118F2N34O5. The third kappa shape index (κ3) is 19.6. The number of pyridine rings is 6. The summed E-state index contributed by atoms with van der Waals surface area (Å²) in [6, 6.07) is 45.7. The fraction of sp³-hybridized carbons (Fsp3) is 0.330. The second-order valence-corrected chi connectivity index (χ2v) is 36.8. The topological polar surface area (TPSA) is 424 Å². The first-order chi connectivity index (χ1) is 71.7. The molecule has 756 valence electrons. The molecule has 2 unspecified atom stereocenters. The molecule has 10 N–H and O–H groups in total. The second-order valence-electron chi connectivity index (χ2n) is 36.8. The number of likely N-dealkylation sites (tertiary alicyclic amines) is 1. The number of rotatable bonds is 27. The van der Waals surface area contributed by atoms with Crippen LogP contribution in [-0.2, 0) is 0 Å². The Morgan fingerprint density at radius 3 is 1.11 bits per heavy atom. The Balaban J connectivity index is 0.000000116. The number of imidazole rings is 5. The molecule has 5 aromatic carbocycles. The maximum atomic E-state index is 14.0. The molecule has 23 rings (SSSR count). The number of aromatic nitrogens is 19. The third-order valence-electron chi connectivity index (χ3n) is 27.2. The highest BCUT2D eigenvalue weighted by Crippen LogP contribution is 2.41. The molecule has 39 nitrogen and oxygen atoms in total. The van der Waals surface area contributed by atoms with Gasteiger partial charge in [0, 0.05) is 157 Å². The van der Waals surface area contributed by atoms with Crippen LogP contribution in [0.15, 0.2) is 177 Å². The molecule has 2 aliphatic heterocycles. The standard InChI is InChI=1S/C24H26N6O.C21H23F2N7O.C21H23N7O.C21H25N7O.C19H21N7O/c31-24(26-12-15-29-13-3-4-14-29)20-21(27-16-9-10-16)17-6-5-11-25-22(17)30-19-8-2-1-7-18(19)28-23(20)30;1-4-29(5-2)9-8-25-21(31)17-18(24-3)12-6-7-26-28-19(12)30-16-11-14(23)13(22)10-15(16)27-20(17)30;1-12-10-27(11-13(2)24-12)21(29)17-18(22-3)14-8-9-23-26-19(14)28-16-7-5-4-6-15(16)25-20(17)28;1-4-27(5-2)13-12-23-21(29)17-18(22-3)14-10-11-24-26-19(14)28-16-9-7-6-8-15(16)25-20(17)28;1-20-16-12-8-9-22-24-17(12)26-14-7-5-4-6-13(14)23-18(26)15(16)19(27)21-10-11-25(2)3/h1-2,5-8,11,16,27H,3-4,9-10,12-15H2,(H,26,31);6-7,10-11,24H,4-5,8-9H2,1-3H3,(H,25,31);4-9,12-13,22,24H,10-11H2,1-3H3;6-11,22H,4-5,12-13H2,1-3H3,(H,23,29);4-9,20H,10-11H2,1-3H3,(H,21,27). The summed E-state index contributed by atoms with van der Waals surface area (Å²) >= 11 is 0. The number of hydrogen-bond donors (Lipinski definition) is 10. The minimum absolute atomic E-state index is 0.0198. The van der Waals surface area contributed by atoms with Crippen molar-refractivity contribution >= 4 is 197 Å². The Labute approximate surface area is 843 Å². The molecule has 2 saturated heterocycles. The van der Waals surface area contributed by atoms with Crippen molar-refractivity contribution in [2.24, 2.45) is 0 Å². The van der Waals surface area contributed by atoms with Crippen LogP contribution >= 0.6 is 0 Å². The largest absolute Gasteiger partial charge is 0.387 e. The SMILES string of the molecule is CCN(CC)CCNC(=O)c1c(NC)c2ccnnc2n2c1nc1cc(F)c(F)cc12.CCN(CC)CCNC(=O)c1c(NC)c2ccnnc2n2c1nc1ccccc12.CNc1c(C(=O)N2CC(C)NC(C)C2)c2nc3ccccc3n2c2nnccc12.CNc1c(C(=O)NCCN(C)C)c2nc3ccccc3n2c2nnccc12.O=C(NCCN1CCCC1)c1c(NC2CC2)c2cccnc2n2c1nc1ccccc12. The van der Waals surface area contributed by atoms with Crippen molar-refractivity contribution in [3.05, 3.63) is 216 Å². The van der Waals surface area contributed by atoms with E-state index in [9.17, 15) is 32.8 Å². The number of para-hydroxylation sites is 8. The highest BCUT2D eigenvalue weighted by atomic mass is 19.2. The third-order valence-corrected chi connectivity index (χ3v) is 27.2. The van der Waals surface area contributed by atoms with Gasteiger partial charge in [-0.3, -0.25) is 46.0 Å². The number of carbonyl (C=O) groups is 5. The van der Waals surface area contributed by atoms with Crippen LogP contribution in [0.4, 0.5) is 37.2 Å². The zero-order valence-corrected chi connectivity index (χ0v) is 84.1. The smallest absolute Gasteiger partial charge is 0.259 e. The van der Waals surface area contributed by atoms with E-state index < -0.39 is 11.6 Å². The number of benzene rings is 5. The first-order valence-corrected chi connectivity index (χ1v) is 49.9. The van der Waals surface area contributed by atoms with E-state index in [1.54, 1.807) is 56.4 Å². The predicted octanol–water partition coefficient (Wildman–Crippen LogP) is 12.9. The van der Waals surface area contributed by atoms with E-state index in [2.05, 4.69) is 160 Å². The lowest BCUT2D eigenvalue weighted by Crippen LogP contribution is -2.56. The number of nitrogens with one attached hydrogen (secondary N) is 10. The average Bonchev–Trinajstić information content (AvgIpc) is 1.59. The summed E-state index contributed by atoms with van der Waals surface area (Å²) < 4.78 is 37.2. The maximum absolute atomic E-state index is 14.0. The van der Waals surface area contributed by atoms with Crippen LogP contribution < -0.4 is 53.2 Å². The molecule has 41 heteroatoms. The molecule has 17 heterocycles. The van der Waals surface area contributed by atoms with Crippen LogP contribution in [0.3, 0.4) is 0 Å². The molecule has 1 saturated carbocycles. The number of amides is 5. The van der Waals surface area contributed by atoms with Crippen LogP contribution in [0.5, 0.6) is 0 Å². The molecule has 3 fully saturated rings. The Kier molecular flexibility index (Phi) is 29.5. The first kappa shape index (κ1) is 99.4. The summed E-state index contributed by atoms with van der Waals surface area (Å²) in [5.41, 5.74) is 19.4. The molecule has 0 radical (unpaired) electrons. The molecular weight excluding hydrogens is 1870 g/mol. The highest BCUT2D eigenvalue weighted by molar-refractivity contribution is 6.18. The van der Waals surface area contributed by atoms with Gasteiger partial charge in [0.25, 0.3) is 29.5 Å². The van der Waals surface area contributed by atoms with Crippen molar-refractivity contribution < 1.29 is 32.8 Å². The zero-order chi connectivity index (χ0) is 102. The van der Waals surface area contributed by atoms with E-state index in [4.69, 9.17) is 19.9 Å². The molecule has 3 aliphatic rings. The van der Waals surface area contributed by atoms with Crippen molar-refractivity contribution in [3.63, 3.8) is 0 Å². The monoisotopic (exact) mass is 1980 g/mol. The Morgan fingerprint density at radius 1 is 0.381 bits per heavy atom. The minimum Gasteiger partial charge on any atom is -0.387 e. The summed E-state index contributed by atoms with van der Waals surface area (Å²) in [5, 5.41) is 69.3. The number of nitrogens with zero attached hydrogens (tertiary/aromatic N) is 24. The Bertz CT molecular complexity index is 8390. The number of anilines is 5. The fourth-order valence-electron chi connectivity index (χ4n) is 20.0. The summed E-state index contributed by atoms with van der Waals surface area (Å²) in [7, 11) is 11.1. The summed E-state index contributed by atoms with van der Waals surface area (Å²) in [5.74, 6) is -2.76. The van der Waals surface area contributed by atoms with Crippen LogP contribution in [0.25, 0.3) is 139 Å².